The molecule has 0 saturated carbocycles. The predicted octanol–water partition coefficient (Wildman–Crippen LogP) is 1.50. The van der Waals surface area contributed by atoms with Gasteiger partial charge in [0, 0.05) is 16.9 Å². The van der Waals surface area contributed by atoms with Gasteiger partial charge in [0.2, 0.25) is 0 Å². The molecule has 4 nitrogen and oxygen atoms in total. The number of aromatic nitrogens is 1. The van der Waals surface area contributed by atoms with E-state index in [1.165, 1.54) is 0 Å². The van der Waals surface area contributed by atoms with Crippen molar-refractivity contribution >= 4 is 17.1 Å². The number of hydrogen-bond acceptors (Lipinski definition) is 4. The van der Waals surface area contributed by atoms with Crippen LogP contribution < -0.4 is 17.2 Å². The Morgan fingerprint density at radius 2 is 1.60 bits per heavy atom. The summed E-state index contributed by atoms with van der Waals surface area (Å²) in [4.78, 5) is 4.19. The fourth-order valence-electron chi connectivity index (χ4n) is 1.36. The third-order valence-electron chi connectivity index (χ3n) is 2.14. The van der Waals surface area contributed by atoms with Gasteiger partial charge in [-0.1, -0.05) is 0 Å². The second-order valence-corrected chi connectivity index (χ2v) is 3.32. The Hall–Kier alpha value is -2.23. The number of benzene rings is 1. The van der Waals surface area contributed by atoms with Crippen LogP contribution in [0, 0.1) is 0 Å². The lowest BCUT2D eigenvalue weighted by atomic mass is 10.1. The van der Waals surface area contributed by atoms with Crippen molar-refractivity contribution in [1.82, 2.24) is 4.98 Å². The highest BCUT2D eigenvalue weighted by molar-refractivity contribution is 5.77. The largest absolute Gasteiger partial charge is 0.399 e. The maximum absolute atomic E-state index is 5.83. The Kier molecular flexibility index (Phi) is 2.17. The van der Waals surface area contributed by atoms with Crippen molar-refractivity contribution in [3.05, 3.63) is 36.5 Å². The highest BCUT2D eigenvalue weighted by Gasteiger charge is 2.03. The zero-order valence-electron chi connectivity index (χ0n) is 8.14. The molecule has 4 heteroatoms. The summed E-state index contributed by atoms with van der Waals surface area (Å²) >= 11 is 0. The lowest BCUT2D eigenvalue weighted by Gasteiger charge is -2.06. The predicted molar refractivity (Wildman–Crippen MR) is 62.9 cm³/mol. The molecule has 1 aromatic carbocycles. The van der Waals surface area contributed by atoms with Gasteiger partial charge in [0.05, 0.1) is 17.6 Å². The molecule has 0 spiro atoms. The Morgan fingerprint density at radius 1 is 0.867 bits per heavy atom. The van der Waals surface area contributed by atoms with E-state index in [1.54, 1.807) is 30.5 Å². The van der Waals surface area contributed by atoms with E-state index < -0.39 is 0 Å². The summed E-state index contributed by atoms with van der Waals surface area (Å²) in [5.74, 6) is 0. The molecule has 15 heavy (non-hydrogen) atoms. The molecule has 0 aliphatic heterocycles. The van der Waals surface area contributed by atoms with E-state index in [2.05, 4.69) is 4.98 Å². The van der Waals surface area contributed by atoms with E-state index in [4.69, 9.17) is 17.2 Å². The molecule has 1 heterocycles. The van der Waals surface area contributed by atoms with Gasteiger partial charge < -0.3 is 17.2 Å². The second kappa shape index (κ2) is 3.49. The summed E-state index contributed by atoms with van der Waals surface area (Å²) in [6.45, 7) is 0. The van der Waals surface area contributed by atoms with Gasteiger partial charge >= 0.3 is 0 Å². The van der Waals surface area contributed by atoms with Gasteiger partial charge in [-0.2, -0.15) is 0 Å². The summed E-state index contributed by atoms with van der Waals surface area (Å²) < 4.78 is 0. The number of anilines is 3. The zero-order chi connectivity index (χ0) is 10.8. The average Bonchev–Trinajstić information content (AvgIpc) is 2.23. The highest BCUT2D eigenvalue weighted by Crippen LogP contribution is 2.26. The lowest BCUT2D eigenvalue weighted by Crippen LogP contribution is -1.95. The van der Waals surface area contributed by atoms with E-state index in [9.17, 15) is 0 Å². The normalized spacial score (nSPS) is 10.1. The second-order valence-electron chi connectivity index (χ2n) is 3.32. The van der Waals surface area contributed by atoms with Crippen LogP contribution in [0.15, 0.2) is 36.5 Å². The van der Waals surface area contributed by atoms with Gasteiger partial charge in [0.1, 0.15) is 0 Å². The van der Waals surface area contributed by atoms with Crippen molar-refractivity contribution in [3.8, 4) is 11.3 Å². The molecule has 0 radical (unpaired) electrons. The summed E-state index contributed by atoms with van der Waals surface area (Å²) in [5, 5.41) is 0. The third-order valence-corrected chi connectivity index (χ3v) is 2.14. The molecular formula is C11H12N4. The summed E-state index contributed by atoms with van der Waals surface area (Å²) in [5.41, 5.74) is 20.6. The highest BCUT2D eigenvalue weighted by atomic mass is 14.7. The topological polar surface area (TPSA) is 91.0 Å². The maximum Gasteiger partial charge on any atom is 0.0725 e. The Balaban J connectivity index is 2.53. The summed E-state index contributed by atoms with van der Waals surface area (Å²) in [7, 11) is 0. The van der Waals surface area contributed by atoms with Crippen LogP contribution in [0.3, 0.4) is 0 Å². The molecule has 0 unspecified atom stereocenters. The van der Waals surface area contributed by atoms with Crippen molar-refractivity contribution < 1.29 is 0 Å². The molecule has 2 rings (SSSR count). The Bertz CT molecular complexity index is 476. The minimum absolute atomic E-state index is 0.626. The van der Waals surface area contributed by atoms with Crippen LogP contribution in [-0.4, -0.2) is 4.98 Å². The van der Waals surface area contributed by atoms with Crippen LogP contribution in [0.25, 0.3) is 11.3 Å². The fourth-order valence-corrected chi connectivity index (χ4v) is 1.36. The molecule has 2 aromatic rings. The van der Waals surface area contributed by atoms with Crippen LogP contribution in [0.4, 0.5) is 17.1 Å². The van der Waals surface area contributed by atoms with Crippen molar-refractivity contribution in [2.75, 3.05) is 17.2 Å². The van der Waals surface area contributed by atoms with Crippen molar-refractivity contribution in [2.24, 2.45) is 0 Å². The first-order valence-electron chi connectivity index (χ1n) is 4.54. The van der Waals surface area contributed by atoms with Crippen LogP contribution in [0.1, 0.15) is 0 Å². The quantitative estimate of drug-likeness (QED) is 0.608. The first kappa shape index (κ1) is 9.33. The lowest BCUT2D eigenvalue weighted by molar-refractivity contribution is 1.33. The van der Waals surface area contributed by atoms with Crippen molar-refractivity contribution in [3.63, 3.8) is 0 Å². The maximum atomic E-state index is 5.83. The number of nitrogens with zero attached hydrogens (tertiary/aromatic N) is 1. The average molecular weight is 200 g/mol. The number of hydrogen-bond donors (Lipinski definition) is 3. The van der Waals surface area contributed by atoms with E-state index in [1.807, 2.05) is 6.07 Å². The zero-order valence-corrected chi connectivity index (χ0v) is 8.14. The van der Waals surface area contributed by atoms with Crippen LogP contribution in [0.5, 0.6) is 0 Å². The van der Waals surface area contributed by atoms with Crippen LogP contribution in [0.2, 0.25) is 0 Å². The molecule has 0 bridgehead atoms. The van der Waals surface area contributed by atoms with E-state index in [0.717, 1.165) is 11.3 Å². The molecular weight excluding hydrogens is 188 g/mol. The fraction of sp³-hybridized carbons (Fsp3) is 0. The number of nitrogen functional groups attached to an aromatic ring is 3. The van der Waals surface area contributed by atoms with Crippen molar-refractivity contribution in [2.45, 2.75) is 0 Å². The van der Waals surface area contributed by atoms with Gasteiger partial charge in [-0.05, 0) is 30.3 Å². The monoisotopic (exact) mass is 200 g/mol. The first-order chi connectivity index (χ1) is 7.16. The minimum atomic E-state index is 0.626. The first-order valence-corrected chi connectivity index (χ1v) is 4.54. The number of pyridine rings is 1. The number of rotatable bonds is 1. The van der Waals surface area contributed by atoms with E-state index in [-0.39, 0.29) is 0 Å². The third kappa shape index (κ3) is 1.83. The molecule has 1 aromatic heterocycles. The van der Waals surface area contributed by atoms with Crippen LogP contribution >= 0.6 is 0 Å². The molecule has 0 aliphatic carbocycles. The summed E-state index contributed by atoms with van der Waals surface area (Å²) in [6.07, 6.45) is 1.60. The minimum Gasteiger partial charge on any atom is -0.399 e. The molecule has 0 aliphatic rings. The smallest absolute Gasteiger partial charge is 0.0725 e. The van der Waals surface area contributed by atoms with E-state index in [0.29, 0.717) is 17.1 Å². The van der Waals surface area contributed by atoms with Crippen molar-refractivity contribution in [1.29, 1.82) is 0 Å². The Morgan fingerprint density at radius 3 is 2.27 bits per heavy atom. The van der Waals surface area contributed by atoms with Gasteiger partial charge in [0.25, 0.3) is 0 Å². The SMILES string of the molecule is Nc1ccc(-c2cc(N)ccc2N)nc1. The van der Waals surface area contributed by atoms with Gasteiger partial charge in [-0.3, -0.25) is 4.98 Å². The van der Waals surface area contributed by atoms with Gasteiger partial charge in [0.15, 0.2) is 0 Å². The molecule has 6 N–H and O–H groups in total. The molecule has 76 valence electrons. The molecule has 0 amide bonds. The molecule has 0 saturated heterocycles. The summed E-state index contributed by atoms with van der Waals surface area (Å²) in [6, 6.07) is 8.93. The van der Waals surface area contributed by atoms with E-state index >= 15 is 0 Å². The van der Waals surface area contributed by atoms with Gasteiger partial charge in [-0.25, -0.2) is 0 Å². The molecule has 0 fully saturated rings. The number of nitrogens with two attached hydrogens (primary N) is 3. The Labute approximate surface area is 87.7 Å². The standard InChI is InChI=1S/C11H12N4/c12-7-1-3-10(14)9(5-7)11-4-2-8(13)6-15-11/h1-6H,12-14H2. The molecule has 0 atom stereocenters. The van der Waals surface area contributed by atoms with Gasteiger partial charge in [-0.15, -0.1) is 0 Å². The van der Waals surface area contributed by atoms with Crippen LogP contribution in [-0.2, 0) is 0 Å².